The van der Waals surface area contributed by atoms with Crippen LogP contribution in [0.2, 0.25) is 0 Å². The molecule has 0 bridgehead atoms. The number of anilines is 1. The molecule has 7 nitrogen and oxygen atoms in total. The fraction of sp³-hybridized carbons (Fsp3) is 0.227. The van der Waals surface area contributed by atoms with E-state index in [-0.39, 0.29) is 36.4 Å². The Labute approximate surface area is 181 Å². The van der Waals surface area contributed by atoms with Crippen LogP contribution in [-0.2, 0) is 15.8 Å². The summed E-state index contributed by atoms with van der Waals surface area (Å²) in [5.74, 6) is -1.56. The number of amides is 2. The van der Waals surface area contributed by atoms with Crippen LogP contribution in [0.1, 0.15) is 41.6 Å². The van der Waals surface area contributed by atoms with Crippen LogP contribution in [-0.4, -0.2) is 23.3 Å². The van der Waals surface area contributed by atoms with Crippen molar-refractivity contribution in [1.29, 1.82) is 5.26 Å². The highest BCUT2D eigenvalue weighted by Crippen LogP contribution is 2.30. The first-order chi connectivity index (χ1) is 15.2. The van der Waals surface area contributed by atoms with Gasteiger partial charge < -0.3 is 5.32 Å². The topological polar surface area (TPSA) is 111 Å². The molecule has 0 fully saturated rings. The molecular formula is C22H19F3N4O3. The summed E-state index contributed by atoms with van der Waals surface area (Å²) in [5, 5.41) is 14.8. The summed E-state index contributed by atoms with van der Waals surface area (Å²) < 4.78 is 38.4. The number of nitrogens with one attached hydrogen (secondary N) is 2. The Morgan fingerprint density at radius 3 is 2.34 bits per heavy atom. The van der Waals surface area contributed by atoms with E-state index in [1.807, 2.05) is 0 Å². The average Bonchev–Trinajstić information content (AvgIpc) is 2.76. The fourth-order valence-electron chi connectivity index (χ4n) is 2.60. The van der Waals surface area contributed by atoms with Gasteiger partial charge in [-0.3, -0.25) is 14.4 Å². The van der Waals surface area contributed by atoms with Gasteiger partial charge in [-0.25, -0.2) is 5.43 Å². The van der Waals surface area contributed by atoms with Crippen molar-refractivity contribution < 1.29 is 27.6 Å². The van der Waals surface area contributed by atoms with E-state index in [1.165, 1.54) is 12.1 Å². The first kappa shape index (κ1) is 24.3. The van der Waals surface area contributed by atoms with Gasteiger partial charge in [0.25, 0.3) is 5.91 Å². The molecule has 0 saturated heterocycles. The number of nitriles is 1. The van der Waals surface area contributed by atoms with Crippen molar-refractivity contribution in [3.8, 4) is 6.07 Å². The lowest BCUT2D eigenvalue weighted by Gasteiger charge is -2.10. The van der Waals surface area contributed by atoms with Gasteiger partial charge in [-0.05, 0) is 24.6 Å². The Kier molecular flexibility index (Phi) is 8.65. The van der Waals surface area contributed by atoms with Gasteiger partial charge in [-0.15, -0.1) is 0 Å². The molecule has 0 aliphatic heterocycles. The largest absolute Gasteiger partial charge is 0.416 e. The molecule has 2 amide bonds. The van der Waals surface area contributed by atoms with Crippen LogP contribution in [0.5, 0.6) is 0 Å². The van der Waals surface area contributed by atoms with Crippen molar-refractivity contribution in [2.75, 3.05) is 5.32 Å². The Morgan fingerprint density at radius 1 is 0.969 bits per heavy atom. The van der Waals surface area contributed by atoms with Gasteiger partial charge in [0.05, 0.1) is 18.1 Å². The van der Waals surface area contributed by atoms with Crippen LogP contribution < -0.4 is 10.7 Å². The van der Waals surface area contributed by atoms with Crippen molar-refractivity contribution in [1.82, 2.24) is 5.43 Å². The van der Waals surface area contributed by atoms with E-state index in [4.69, 9.17) is 5.26 Å². The molecule has 2 aromatic rings. The molecule has 0 aromatic heterocycles. The van der Waals surface area contributed by atoms with Crippen LogP contribution >= 0.6 is 0 Å². The number of nitrogens with zero attached hydrogens (tertiary/aromatic N) is 2. The number of carbonyl (C=O) groups excluding carboxylic acids is 3. The third-order valence-corrected chi connectivity index (χ3v) is 4.15. The standard InChI is InChI=1S/C22H19F3N4O3/c23-22(24,25)16-7-4-8-17(13-16)27-20(31)10-9-18(28-29-21(32)11-12-26)14-19(30)15-5-2-1-3-6-15/h1-8,13H,9-11,14H2,(H,27,31)(H,29,32)/b28-18+. The molecule has 0 radical (unpaired) electrons. The second kappa shape index (κ2) is 11.4. The van der Waals surface area contributed by atoms with E-state index in [0.717, 1.165) is 12.1 Å². The number of hydrogen-bond acceptors (Lipinski definition) is 5. The summed E-state index contributed by atoms with van der Waals surface area (Å²) in [4.78, 5) is 36.1. The molecule has 0 aliphatic rings. The summed E-state index contributed by atoms with van der Waals surface area (Å²) in [5.41, 5.74) is 1.83. The third-order valence-electron chi connectivity index (χ3n) is 4.15. The van der Waals surface area contributed by atoms with Crippen molar-refractivity contribution in [2.45, 2.75) is 31.9 Å². The van der Waals surface area contributed by atoms with Gasteiger partial charge >= 0.3 is 6.18 Å². The molecule has 0 unspecified atom stereocenters. The minimum absolute atomic E-state index is 0.0222. The molecule has 0 spiro atoms. The predicted octanol–water partition coefficient (Wildman–Crippen LogP) is 4.08. The summed E-state index contributed by atoms with van der Waals surface area (Å²) in [6.07, 6.45) is -5.38. The first-order valence-electron chi connectivity index (χ1n) is 9.45. The molecule has 0 saturated carbocycles. The van der Waals surface area contributed by atoms with Crippen molar-refractivity contribution in [3.05, 3.63) is 65.7 Å². The molecule has 32 heavy (non-hydrogen) atoms. The number of alkyl halides is 3. The summed E-state index contributed by atoms with van der Waals surface area (Å²) >= 11 is 0. The molecule has 0 atom stereocenters. The summed E-state index contributed by atoms with van der Waals surface area (Å²) in [6.45, 7) is 0. The molecule has 2 aromatic carbocycles. The van der Waals surface area contributed by atoms with Crippen LogP contribution in [0.4, 0.5) is 18.9 Å². The molecule has 10 heteroatoms. The van der Waals surface area contributed by atoms with Crippen LogP contribution in [0.25, 0.3) is 0 Å². The number of hydrazone groups is 1. The van der Waals surface area contributed by atoms with Crippen molar-refractivity contribution in [3.63, 3.8) is 0 Å². The normalized spacial score (nSPS) is 11.4. The number of halogens is 3. The van der Waals surface area contributed by atoms with E-state index in [9.17, 15) is 27.6 Å². The predicted molar refractivity (Wildman–Crippen MR) is 111 cm³/mol. The van der Waals surface area contributed by atoms with Crippen molar-refractivity contribution >= 4 is 29.0 Å². The highest BCUT2D eigenvalue weighted by atomic mass is 19.4. The second-order valence-electron chi connectivity index (χ2n) is 6.64. The van der Waals surface area contributed by atoms with Gasteiger partial charge in [0, 0.05) is 23.4 Å². The highest BCUT2D eigenvalue weighted by molar-refractivity contribution is 6.10. The maximum absolute atomic E-state index is 12.8. The molecule has 0 aliphatic carbocycles. The van der Waals surface area contributed by atoms with E-state index >= 15 is 0 Å². The number of carbonyl (C=O) groups is 3. The molecular weight excluding hydrogens is 425 g/mol. The van der Waals surface area contributed by atoms with Crippen LogP contribution in [0.15, 0.2) is 59.7 Å². The maximum Gasteiger partial charge on any atom is 0.416 e. The van der Waals surface area contributed by atoms with E-state index in [0.29, 0.717) is 5.56 Å². The second-order valence-corrected chi connectivity index (χ2v) is 6.64. The first-order valence-corrected chi connectivity index (χ1v) is 9.45. The molecule has 166 valence electrons. The number of benzene rings is 2. The minimum Gasteiger partial charge on any atom is -0.326 e. The van der Waals surface area contributed by atoms with Crippen molar-refractivity contribution in [2.24, 2.45) is 5.10 Å². The molecule has 0 heterocycles. The van der Waals surface area contributed by atoms with Gasteiger partial charge in [0.1, 0.15) is 6.42 Å². The van der Waals surface area contributed by atoms with Crippen LogP contribution in [0, 0.1) is 11.3 Å². The fourth-order valence-corrected chi connectivity index (χ4v) is 2.60. The number of ketones is 1. The quantitative estimate of drug-likeness (QED) is 0.345. The Bertz CT molecular complexity index is 1040. The zero-order valence-corrected chi connectivity index (χ0v) is 16.8. The van der Waals surface area contributed by atoms with Gasteiger partial charge in [0.2, 0.25) is 5.91 Å². The average molecular weight is 444 g/mol. The van der Waals surface area contributed by atoms with Gasteiger partial charge in [-0.1, -0.05) is 36.4 Å². The number of hydrogen-bond donors (Lipinski definition) is 2. The lowest BCUT2D eigenvalue weighted by molar-refractivity contribution is -0.137. The lowest BCUT2D eigenvalue weighted by Crippen LogP contribution is -2.21. The number of Topliss-reactive ketones (excluding diaryl/α,β-unsaturated/α-hetero) is 1. The van der Waals surface area contributed by atoms with E-state index in [2.05, 4.69) is 15.8 Å². The Hall–Kier alpha value is -4.00. The smallest absolute Gasteiger partial charge is 0.326 e. The minimum atomic E-state index is -4.54. The zero-order chi connectivity index (χ0) is 23.6. The van der Waals surface area contributed by atoms with Gasteiger partial charge in [0.15, 0.2) is 5.78 Å². The summed E-state index contributed by atoms with van der Waals surface area (Å²) in [7, 11) is 0. The third kappa shape index (κ3) is 8.02. The maximum atomic E-state index is 12.8. The monoisotopic (exact) mass is 444 g/mol. The van der Waals surface area contributed by atoms with Crippen LogP contribution in [0.3, 0.4) is 0 Å². The Morgan fingerprint density at radius 2 is 1.69 bits per heavy atom. The SMILES string of the molecule is N#CCC(=O)N/N=C(\CCC(=O)Nc1cccc(C(F)(F)F)c1)CC(=O)c1ccccc1. The van der Waals surface area contributed by atoms with E-state index in [1.54, 1.807) is 36.4 Å². The lowest BCUT2D eigenvalue weighted by atomic mass is 10.0. The molecule has 2 N–H and O–H groups in total. The van der Waals surface area contributed by atoms with E-state index < -0.39 is 30.0 Å². The number of rotatable bonds is 9. The van der Waals surface area contributed by atoms with Gasteiger partial charge in [-0.2, -0.15) is 23.5 Å². The summed E-state index contributed by atoms with van der Waals surface area (Å²) in [6, 6.07) is 14.2. The highest BCUT2D eigenvalue weighted by Gasteiger charge is 2.30. The zero-order valence-electron chi connectivity index (χ0n) is 16.8. The molecule has 2 rings (SSSR count). The Balaban J connectivity index is 2.04.